The van der Waals surface area contributed by atoms with Crippen LogP contribution in [0.15, 0.2) is 0 Å². The third-order valence-corrected chi connectivity index (χ3v) is 6.73. The normalized spacial score (nSPS) is 22.8. The molecule has 18 heavy (non-hydrogen) atoms. The smallest absolute Gasteiger partial charge is 0.371 e. The van der Waals surface area contributed by atoms with E-state index < -0.39 is 19.4 Å². The number of hydrogen-bond donors (Lipinski definition) is 3. The molecule has 0 aromatic rings. The second kappa shape index (κ2) is 5.54. The van der Waals surface area contributed by atoms with Gasteiger partial charge in [0.15, 0.2) is 0 Å². The van der Waals surface area contributed by atoms with Crippen molar-refractivity contribution in [2.45, 2.75) is 38.6 Å². The largest absolute Gasteiger partial charge is 0.409 e. The van der Waals surface area contributed by atoms with E-state index in [0.29, 0.717) is 19.4 Å². The predicted octanol–water partition coefficient (Wildman–Crippen LogP) is -0.720. The fourth-order valence-corrected chi connectivity index (χ4v) is 4.39. The summed E-state index contributed by atoms with van der Waals surface area (Å²) in [7, 11) is -3.15. The molecular weight excluding hydrogens is 250 g/mol. The van der Waals surface area contributed by atoms with E-state index >= 15 is 0 Å². The highest BCUT2D eigenvalue weighted by atomic mass is 28.4. The van der Waals surface area contributed by atoms with Crippen molar-refractivity contribution in [2.24, 2.45) is 11.5 Å². The molecule has 5 N–H and O–H groups in total. The van der Waals surface area contributed by atoms with Gasteiger partial charge in [-0.3, -0.25) is 4.90 Å². The number of nitrogens with two attached hydrogens (primary N) is 2. The average Bonchev–Trinajstić information content (AvgIpc) is 2.14. The van der Waals surface area contributed by atoms with E-state index in [-0.39, 0.29) is 0 Å². The lowest BCUT2D eigenvalue weighted by Gasteiger charge is -2.43. The Morgan fingerprint density at radius 1 is 1.22 bits per heavy atom. The zero-order chi connectivity index (χ0) is 14.0. The molecule has 0 saturated carbocycles. The highest BCUT2D eigenvalue weighted by Crippen LogP contribution is 2.22. The van der Waals surface area contributed by atoms with Gasteiger partial charge < -0.3 is 25.4 Å². The maximum absolute atomic E-state index is 10.9. The number of nitrogens with zero attached hydrogens (tertiary/aromatic N) is 1. The Bertz CT molecular complexity index is 272. The summed E-state index contributed by atoms with van der Waals surface area (Å²) in [6.45, 7) is 10.0. The summed E-state index contributed by atoms with van der Waals surface area (Å²) >= 11 is 0. The molecular formula is C11H27N3O3Si. The Hall–Kier alpha value is -0.0231. The van der Waals surface area contributed by atoms with Crippen molar-refractivity contribution in [2.75, 3.05) is 32.5 Å². The SMILES string of the molecule is CC(C)(N)O[Si](O)(CN1CCOCC1)C(C)(C)N. The summed E-state index contributed by atoms with van der Waals surface area (Å²) in [5, 5.41) is -0.776. The molecule has 1 heterocycles. The molecule has 7 heteroatoms. The highest BCUT2D eigenvalue weighted by Gasteiger charge is 2.51. The molecule has 0 amide bonds. The van der Waals surface area contributed by atoms with Crippen LogP contribution in [-0.4, -0.2) is 61.6 Å². The standard InChI is InChI=1S/C11H27N3O3Si/c1-10(2,12)17-18(15,11(3,4)13)9-14-5-7-16-8-6-14/h15H,5-9,12-13H2,1-4H3. The summed E-state index contributed by atoms with van der Waals surface area (Å²) in [5.74, 6) is 0. The molecule has 1 aliphatic heterocycles. The minimum absolute atomic E-state index is 0.459. The zero-order valence-electron chi connectivity index (χ0n) is 11.9. The Kier molecular flexibility index (Phi) is 4.93. The Balaban J connectivity index is 2.77. The van der Waals surface area contributed by atoms with E-state index in [2.05, 4.69) is 4.90 Å². The van der Waals surface area contributed by atoms with Crippen molar-refractivity contribution in [3.05, 3.63) is 0 Å². The molecule has 0 aromatic heterocycles. The fraction of sp³-hybridized carbons (Fsp3) is 1.00. The highest BCUT2D eigenvalue weighted by molar-refractivity contribution is 6.69. The molecule has 0 spiro atoms. The first-order valence-electron chi connectivity index (χ1n) is 6.34. The van der Waals surface area contributed by atoms with Gasteiger partial charge in [0.2, 0.25) is 0 Å². The monoisotopic (exact) mass is 277 g/mol. The van der Waals surface area contributed by atoms with Crippen LogP contribution in [0.5, 0.6) is 0 Å². The van der Waals surface area contributed by atoms with Crippen LogP contribution >= 0.6 is 0 Å². The van der Waals surface area contributed by atoms with E-state index in [0.717, 1.165) is 13.1 Å². The van der Waals surface area contributed by atoms with Gasteiger partial charge in [0.1, 0.15) is 5.72 Å². The van der Waals surface area contributed by atoms with Crippen molar-refractivity contribution < 1.29 is 14.0 Å². The van der Waals surface area contributed by atoms with Crippen LogP contribution in [0.25, 0.3) is 0 Å². The topological polar surface area (TPSA) is 94.0 Å². The molecule has 0 aliphatic carbocycles. The quantitative estimate of drug-likeness (QED) is 0.453. The molecule has 0 radical (unpaired) electrons. The Morgan fingerprint density at radius 2 is 1.72 bits per heavy atom. The van der Waals surface area contributed by atoms with Crippen LogP contribution in [0, 0.1) is 0 Å². The Morgan fingerprint density at radius 3 is 2.11 bits per heavy atom. The van der Waals surface area contributed by atoms with Crippen molar-refractivity contribution in [3.63, 3.8) is 0 Å². The van der Waals surface area contributed by atoms with Gasteiger partial charge in [0.25, 0.3) is 0 Å². The number of ether oxygens (including phenoxy) is 1. The van der Waals surface area contributed by atoms with Gasteiger partial charge in [-0.1, -0.05) is 0 Å². The first-order chi connectivity index (χ1) is 8.04. The van der Waals surface area contributed by atoms with Gasteiger partial charge in [-0.15, -0.1) is 0 Å². The van der Waals surface area contributed by atoms with E-state index in [9.17, 15) is 4.80 Å². The maximum atomic E-state index is 10.9. The van der Waals surface area contributed by atoms with Crippen molar-refractivity contribution in [3.8, 4) is 0 Å². The van der Waals surface area contributed by atoms with Gasteiger partial charge >= 0.3 is 8.56 Å². The molecule has 1 atom stereocenters. The van der Waals surface area contributed by atoms with Crippen LogP contribution < -0.4 is 11.5 Å². The van der Waals surface area contributed by atoms with E-state index in [1.165, 1.54) is 0 Å². The Labute approximate surface area is 110 Å². The van der Waals surface area contributed by atoms with Crippen LogP contribution in [-0.2, 0) is 9.16 Å². The summed E-state index contributed by atoms with van der Waals surface area (Å²) in [5.41, 5.74) is 11.1. The molecule has 1 aliphatic rings. The fourth-order valence-electron chi connectivity index (χ4n) is 1.87. The predicted molar refractivity (Wildman–Crippen MR) is 72.8 cm³/mol. The van der Waals surface area contributed by atoms with E-state index in [1.807, 2.05) is 0 Å². The maximum Gasteiger partial charge on any atom is 0.371 e. The van der Waals surface area contributed by atoms with Gasteiger partial charge in [-0.25, -0.2) is 0 Å². The third-order valence-electron chi connectivity index (χ3n) is 2.98. The van der Waals surface area contributed by atoms with Crippen LogP contribution in [0.1, 0.15) is 27.7 Å². The molecule has 0 bridgehead atoms. The molecule has 6 nitrogen and oxygen atoms in total. The van der Waals surface area contributed by atoms with E-state index in [4.69, 9.17) is 20.6 Å². The number of hydrogen-bond acceptors (Lipinski definition) is 6. The van der Waals surface area contributed by atoms with Crippen LogP contribution in [0.2, 0.25) is 0 Å². The summed E-state index contributed by atoms with van der Waals surface area (Å²) < 4.78 is 11.1. The van der Waals surface area contributed by atoms with Gasteiger partial charge in [0.05, 0.1) is 18.4 Å². The zero-order valence-corrected chi connectivity index (χ0v) is 12.9. The second-order valence-electron chi connectivity index (χ2n) is 6.10. The van der Waals surface area contributed by atoms with E-state index in [1.54, 1.807) is 27.7 Å². The summed E-state index contributed by atoms with van der Waals surface area (Å²) in [6, 6.07) is 0. The average molecular weight is 277 g/mol. The molecule has 108 valence electrons. The molecule has 1 rings (SSSR count). The summed E-state index contributed by atoms with van der Waals surface area (Å²) in [6.07, 6.45) is 0.459. The van der Waals surface area contributed by atoms with Gasteiger partial charge in [-0.2, -0.15) is 0 Å². The first-order valence-corrected chi connectivity index (χ1v) is 8.40. The summed E-state index contributed by atoms with van der Waals surface area (Å²) in [4.78, 5) is 13.0. The number of rotatable bonds is 5. The molecule has 1 unspecified atom stereocenters. The van der Waals surface area contributed by atoms with Gasteiger partial charge in [0, 0.05) is 19.3 Å². The lowest BCUT2D eigenvalue weighted by atomic mass is 10.4. The van der Waals surface area contributed by atoms with Crippen molar-refractivity contribution in [1.29, 1.82) is 0 Å². The lowest BCUT2D eigenvalue weighted by Crippen LogP contribution is -2.72. The first kappa shape index (κ1) is 16.0. The molecule has 0 aromatic carbocycles. The van der Waals surface area contributed by atoms with Crippen LogP contribution in [0.3, 0.4) is 0 Å². The molecule has 1 fully saturated rings. The van der Waals surface area contributed by atoms with Crippen molar-refractivity contribution >= 4 is 8.56 Å². The van der Waals surface area contributed by atoms with Gasteiger partial charge in [-0.05, 0) is 27.7 Å². The minimum Gasteiger partial charge on any atom is -0.409 e. The van der Waals surface area contributed by atoms with Crippen LogP contribution in [0.4, 0.5) is 0 Å². The van der Waals surface area contributed by atoms with Crippen molar-refractivity contribution in [1.82, 2.24) is 4.90 Å². The lowest BCUT2D eigenvalue weighted by molar-refractivity contribution is 0.0224. The third kappa shape index (κ3) is 4.58. The molecule has 1 saturated heterocycles. The second-order valence-corrected chi connectivity index (χ2v) is 9.48. The minimum atomic E-state index is -3.15. The number of morpholine rings is 1.